The van der Waals surface area contributed by atoms with E-state index in [-0.39, 0.29) is 5.69 Å². The molecule has 2 N–H and O–H groups in total. The van der Waals surface area contributed by atoms with Gasteiger partial charge in [0.25, 0.3) is 5.91 Å². The van der Waals surface area contributed by atoms with E-state index in [1.807, 2.05) is 0 Å². The molecule has 1 saturated heterocycles. The molecule has 0 saturated carbocycles. The number of nitrogens with one attached hydrogen (secondary N) is 1. The molecule has 4 aromatic heterocycles. The van der Waals surface area contributed by atoms with E-state index in [1.54, 1.807) is 54.6 Å². The van der Waals surface area contributed by atoms with Crippen molar-refractivity contribution >= 4 is 17.5 Å². The fourth-order valence-corrected chi connectivity index (χ4v) is 3.97. The number of amides is 1. The van der Waals surface area contributed by atoms with E-state index < -0.39 is 35.9 Å². The van der Waals surface area contributed by atoms with Crippen molar-refractivity contribution in [1.82, 2.24) is 34.8 Å². The lowest BCUT2D eigenvalue weighted by Crippen LogP contribution is -2.41. The molecule has 5 rings (SSSR count). The lowest BCUT2D eigenvalue weighted by Gasteiger charge is -2.21. The average Bonchev–Trinajstić information content (AvgIpc) is 3.55. The molecule has 1 fully saturated rings. The van der Waals surface area contributed by atoms with Gasteiger partial charge in [-0.05, 0) is 18.2 Å². The van der Waals surface area contributed by atoms with E-state index >= 15 is 0 Å². The summed E-state index contributed by atoms with van der Waals surface area (Å²) >= 11 is 0. The summed E-state index contributed by atoms with van der Waals surface area (Å²) in [7, 11) is 2.77. The summed E-state index contributed by atoms with van der Waals surface area (Å²) < 4.78 is 46.6. The number of carbonyl (C=O) groups is 1. The molecule has 1 aliphatic heterocycles. The van der Waals surface area contributed by atoms with E-state index in [2.05, 4.69) is 30.5 Å². The van der Waals surface area contributed by atoms with Crippen LogP contribution < -0.4 is 5.32 Å². The van der Waals surface area contributed by atoms with E-state index in [0.29, 0.717) is 33.6 Å². The molecular formula is C22H19F3N8O3. The number of carbonyl (C=O) groups excluding carboxylic acids is 1. The number of hydrogen-bond donors (Lipinski definition) is 2. The van der Waals surface area contributed by atoms with Gasteiger partial charge in [0, 0.05) is 39.0 Å². The molecular weight excluding hydrogens is 481 g/mol. The molecule has 0 aromatic carbocycles. The Balaban J connectivity index is 1.41. The molecule has 11 nitrogen and oxygen atoms in total. The smallest absolute Gasteiger partial charge is 0.373 e. The van der Waals surface area contributed by atoms with Gasteiger partial charge in [-0.2, -0.15) is 18.3 Å². The third-order valence-electron chi connectivity index (χ3n) is 5.82. The first-order valence-electron chi connectivity index (χ1n) is 10.6. The zero-order valence-corrected chi connectivity index (χ0v) is 18.9. The van der Waals surface area contributed by atoms with Gasteiger partial charge in [0.1, 0.15) is 11.7 Å². The number of aromatic nitrogens is 6. The quantitative estimate of drug-likeness (QED) is 0.424. The lowest BCUT2D eigenvalue weighted by atomic mass is 9.96. The van der Waals surface area contributed by atoms with Crippen molar-refractivity contribution in [3.8, 4) is 22.8 Å². The van der Waals surface area contributed by atoms with Crippen LogP contribution in [-0.2, 0) is 17.4 Å². The first-order valence-corrected chi connectivity index (χ1v) is 10.6. The van der Waals surface area contributed by atoms with Gasteiger partial charge in [-0.3, -0.25) is 9.48 Å². The molecule has 5 heterocycles. The fourth-order valence-electron chi connectivity index (χ4n) is 3.97. The molecule has 1 aliphatic rings. The predicted molar refractivity (Wildman–Crippen MR) is 118 cm³/mol. The van der Waals surface area contributed by atoms with Gasteiger partial charge in [0.15, 0.2) is 5.76 Å². The van der Waals surface area contributed by atoms with Crippen LogP contribution in [0.25, 0.3) is 22.8 Å². The molecule has 36 heavy (non-hydrogen) atoms. The molecule has 2 unspecified atom stereocenters. The summed E-state index contributed by atoms with van der Waals surface area (Å²) in [5.74, 6) is -1.19. The van der Waals surface area contributed by atoms with Crippen LogP contribution >= 0.6 is 0 Å². The molecule has 4 aromatic rings. The third-order valence-corrected chi connectivity index (χ3v) is 5.82. The van der Waals surface area contributed by atoms with Crippen LogP contribution in [0.3, 0.4) is 0 Å². The summed E-state index contributed by atoms with van der Waals surface area (Å²) in [6.07, 6.45) is -0.667. The number of likely N-dealkylation sites (tertiary alicyclic amines) is 1. The van der Waals surface area contributed by atoms with Crippen LogP contribution in [0.4, 0.5) is 24.8 Å². The van der Waals surface area contributed by atoms with Crippen molar-refractivity contribution in [1.29, 1.82) is 0 Å². The Morgan fingerprint density at radius 1 is 1.14 bits per heavy atom. The Morgan fingerprint density at radius 2 is 1.86 bits per heavy atom. The largest absolute Gasteiger partial charge is 0.408 e. The second-order valence-electron chi connectivity index (χ2n) is 8.32. The van der Waals surface area contributed by atoms with Crippen molar-refractivity contribution in [2.45, 2.75) is 24.2 Å². The van der Waals surface area contributed by atoms with Crippen LogP contribution in [0.2, 0.25) is 0 Å². The van der Waals surface area contributed by atoms with Crippen LogP contribution in [-0.4, -0.2) is 65.1 Å². The van der Waals surface area contributed by atoms with Gasteiger partial charge >= 0.3 is 6.18 Å². The molecule has 0 bridgehead atoms. The first kappa shape index (κ1) is 23.4. The van der Waals surface area contributed by atoms with Crippen molar-refractivity contribution in [2.24, 2.45) is 7.05 Å². The number of hydrogen-bond acceptors (Lipinski definition) is 9. The van der Waals surface area contributed by atoms with Crippen molar-refractivity contribution in [2.75, 3.05) is 12.4 Å². The third kappa shape index (κ3) is 4.15. The van der Waals surface area contributed by atoms with Gasteiger partial charge in [-0.25, -0.2) is 15.0 Å². The standard InChI is InChI=1S/C22H19F3N8O3/c1-32-11-12(10-27-32)28-20-26-7-6-15(30-20)13-4-3-5-14(29-13)16-8-18(36-31-16)21(35)9-17(22(23,24)25)33(2)19(21)34/h3-8,10-11,17,35H,9H2,1-2H3,(H,26,28,30). The maximum Gasteiger partial charge on any atom is 0.408 e. The lowest BCUT2D eigenvalue weighted by molar-refractivity contribution is -0.177. The molecule has 14 heteroatoms. The summed E-state index contributed by atoms with van der Waals surface area (Å²) in [5.41, 5.74) is -0.407. The summed E-state index contributed by atoms with van der Waals surface area (Å²) in [6, 6.07) is 5.72. The van der Waals surface area contributed by atoms with E-state index in [0.717, 1.165) is 7.05 Å². The van der Waals surface area contributed by atoms with Gasteiger partial charge in [-0.1, -0.05) is 11.2 Å². The van der Waals surface area contributed by atoms with Crippen LogP contribution in [0.1, 0.15) is 12.2 Å². The SMILES string of the molecule is CN1C(=O)C(O)(c2cc(-c3cccc(-c4ccnc(Nc5cnn(C)c5)n4)n3)no2)CC1C(F)(F)F. The molecule has 186 valence electrons. The monoisotopic (exact) mass is 500 g/mol. The van der Waals surface area contributed by atoms with Crippen molar-refractivity contribution < 1.29 is 27.6 Å². The molecule has 0 spiro atoms. The van der Waals surface area contributed by atoms with Gasteiger partial charge in [0.05, 0.1) is 29.0 Å². The minimum atomic E-state index is -4.70. The van der Waals surface area contributed by atoms with E-state index in [9.17, 15) is 23.1 Å². The Morgan fingerprint density at radius 3 is 2.53 bits per heavy atom. The van der Waals surface area contributed by atoms with Gasteiger partial charge < -0.3 is 19.8 Å². The van der Waals surface area contributed by atoms with Crippen molar-refractivity contribution in [3.05, 3.63) is 54.7 Å². The summed E-state index contributed by atoms with van der Waals surface area (Å²) in [4.78, 5) is 26.1. The number of alkyl halides is 3. The first-order chi connectivity index (χ1) is 17.0. The Bertz CT molecular complexity index is 1440. The molecule has 0 radical (unpaired) electrons. The second kappa shape index (κ2) is 8.41. The maximum absolute atomic E-state index is 13.3. The number of pyridine rings is 1. The highest BCUT2D eigenvalue weighted by Gasteiger charge is 2.60. The summed E-state index contributed by atoms with van der Waals surface area (Å²) in [5, 5.41) is 21.7. The summed E-state index contributed by atoms with van der Waals surface area (Å²) in [6.45, 7) is 0. The Labute approximate surface area is 201 Å². The highest BCUT2D eigenvalue weighted by molar-refractivity contribution is 5.88. The maximum atomic E-state index is 13.3. The Kier molecular flexibility index (Phi) is 5.47. The van der Waals surface area contributed by atoms with Gasteiger partial charge in [-0.15, -0.1) is 0 Å². The topological polar surface area (TPSA) is 135 Å². The van der Waals surface area contributed by atoms with Crippen molar-refractivity contribution in [3.63, 3.8) is 0 Å². The second-order valence-corrected chi connectivity index (χ2v) is 8.32. The number of aliphatic hydroxyl groups is 1. The van der Waals surface area contributed by atoms with Gasteiger partial charge in [0.2, 0.25) is 11.5 Å². The van der Waals surface area contributed by atoms with Crippen LogP contribution in [0, 0.1) is 0 Å². The number of halogens is 3. The zero-order valence-electron chi connectivity index (χ0n) is 18.9. The zero-order chi connectivity index (χ0) is 25.7. The molecule has 1 amide bonds. The molecule has 2 atom stereocenters. The number of rotatable bonds is 5. The van der Waals surface area contributed by atoms with E-state index in [1.165, 1.54) is 6.07 Å². The minimum Gasteiger partial charge on any atom is -0.373 e. The number of anilines is 2. The van der Waals surface area contributed by atoms with Crippen LogP contribution in [0.15, 0.2) is 53.4 Å². The molecule has 0 aliphatic carbocycles. The normalized spacial score (nSPS) is 20.2. The average molecular weight is 500 g/mol. The number of aryl methyl sites for hydroxylation is 1. The minimum absolute atomic E-state index is 0.133. The number of likely N-dealkylation sites (N-methyl/N-ethyl adjacent to an activating group) is 1. The van der Waals surface area contributed by atoms with Crippen LogP contribution in [0.5, 0.6) is 0 Å². The van der Waals surface area contributed by atoms with E-state index in [4.69, 9.17) is 4.52 Å². The highest BCUT2D eigenvalue weighted by Crippen LogP contribution is 2.43. The highest BCUT2D eigenvalue weighted by atomic mass is 19.4. The fraction of sp³-hybridized carbons (Fsp3) is 0.273. The Hall–Kier alpha value is -4.33. The predicted octanol–water partition coefficient (Wildman–Crippen LogP) is 2.65. The number of nitrogens with zero attached hydrogens (tertiary/aromatic N) is 7.